The fourth-order valence-electron chi connectivity index (χ4n) is 1.81. The predicted octanol–water partition coefficient (Wildman–Crippen LogP) is 3.94. The molecule has 0 aliphatic rings. The molecule has 0 radical (unpaired) electrons. The molecule has 0 saturated heterocycles. The average molecular weight is 280 g/mol. The van der Waals surface area contributed by atoms with Crippen LogP contribution in [0.15, 0.2) is 24.3 Å². The lowest BCUT2D eigenvalue weighted by Gasteiger charge is -2.08. The first-order valence-electron chi connectivity index (χ1n) is 6.24. The highest BCUT2D eigenvalue weighted by atomic mass is 35.5. The van der Waals surface area contributed by atoms with E-state index in [4.69, 9.17) is 11.6 Å². The van der Waals surface area contributed by atoms with Crippen molar-refractivity contribution in [1.29, 1.82) is 0 Å². The molecule has 0 atom stereocenters. The van der Waals surface area contributed by atoms with E-state index in [2.05, 4.69) is 16.6 Å². The van der Waals surface area contributed by atoms with Crippen molar-refractivity contribution in [2.45, 2.75) is 27.2 Å². The summed E-state index contributed by atoms with van der Waals surface area (Å²) in [5, 5.41) is 1.91. The third-order valence-corrected chi connectivity index (χ3v) is 3.15. The molecule has 3 nitrogen and oxygen atoms in total. The van der Waals surface area contributed by atoms with E-state index in [1.165, 1.54) is 0 Å². The molecule has 102 valence electrons. The van der Waals surface area contributed by atoms with E-state index >= 15 is 0 Å². The molecule has 0 fully saturated rings. The van der Waals surface area contributed by atoms with Gasteiger partial charge in [-0.2, -0.15) is 0 Å². The molecule has 0 saturated carbocycles. The highest BCUT2D eigenvalue weighted by Gasteiger charge is 2.08. The van der Waals surface area contributed by atoms with E-state index in [1.807, 2.05) is 31.2 Å². The Labute approximate surface area is 118 Å². The minimum atomic E-state index is 0.431. The maximum atomic E-state index is 9.18. The Morgan fingerprint density at radius 3 is 2.53 bits per heavy atom. The molecule has 0 spiro atoms. The number of carbonyl (C=O) groups excluding carboxylic acids is 1. The van der Waals surface area contributed by atoms with E-state index < -0.39 is 0 Å². The van der Waals surface area contributed by atoms with Crippen LogP contribution < -0.4 is 0 Å². The Bertz CT molecular complexity index is 555. The second-order valence-electron chi connectivity index (χ2n) is 3.91. The molecule has 0 N–H and O–H groups in total. The highest BCUT2D eigenvalue weighted by molar-refractivity contribution is 6.36. The number of ether oxygens (including phenoxy) is 1. The van der Waals surface area contributed by atoms with Gasteiger partial charge in [0, 0.05) is 11.1 Å². The number of rotatable bonds is 3. The summed E-state index contributed by atoms with van der Waals surface area (Å²) in [6.45, 7) is 6.78. The summed E-state index contributed by atoms with van der Waals surface area (Å²) in [6, 6.07) is 7.98. The number of pyridine rings is 1. The zero-order valence-corrected chi connectivity index (χ0v) is 12.2. The quantitative estimate of drug-likeness (QED) is 0.799. The van der Waals surface area contributed by atoms with Crippen LogP contribution in [-0.2, 0) is 16.0 Å². The Hall–Kier alpha value is -1.61. The molecule has 0 aliphatic carbocycles. The second-order valence-corrected chi connectivity index (χ2v) is 4.29. The normalized spacial score (nSPS) is 9.68. The molecule has 1 aromatic carbocycles. The van der Waals surface area contributed by atoms with Gasteiger partial charge in [0.2, 0.25) is 0 Å². The summed E-state index contributed by atoms with van der Waals surface area (Å²) >= 11 is 6.31. The fourth-order valence-corrected chi connectivity index (χ4v) is 2.24. The largest absolute Gasteiger partial charge is 0.468 e. The van der Waals surface area contributed by atoms with Crippen molar-refractivity contribution in [2.24, 2.45) is 0 Å². The van der Waals surface area contributed by atoms with Crippen LogP contribution in [0.4, 0.5) is 0 Å². The summed E-state index contributed by atoms with van der Waals surface area (Å²) in [5.74, 6) is 0. The third kappa shape index (κ3) is 3.93. The molecule has 1 heterocycles. The van der Waals surface area contributed by atoms with Gasteiger partial charge in [0.25, 0.3) is 6.47 Å². The van der Waals surface area contributed by atoms with Gasteiger partial charge >= 0.3 is 0 Å². The smallest absolute Gasteiger partial charge is 0.293 e. The first kappa shape index (κ1) is 15.4. The van der Waals surface area contributed by atoms with Gasteiger partial charge in [0.05, 0.1) is 17.1 Å². The first-order chi connectivity index (χ1) is 9.15. The van der Waals surface area contributed by atoms with Crippen LogP contribution in [0.5, 0.6) is 0 Å². The maximum Gasteiger partial charge on any atom is 0.293 e. The third-order valence-electron chi connectivity index (χ3n) is 2.72. The average Bonchev–Trinajstić information content (AvgIpc) is 2.41. The van der Waals surface area contributed by atoms with Crippen molar-refractivity contribution in [3.63, 3.8) is 0 Å². The van der Waals surface area contributed by atoms with E-state index in [9.17, 15) is 4.79 Å². The van der Waals surface area contributed by atoms with Crippen LogP contribution in [0, 0.1) is 6.92 Å². The van der Waals surface area contributed by atoms with Crippen molar-refractivity contribution in [3.05, 3.63) is 40.5 Å². The molecule has 19 heavy (non-hydrogen) atoms. The van der Waals surface area contributed by atoms with Gasteiger partial charge in [0.1, 0.15) is 0 Å². The first-order valence-corrected chi connectivity index (χ1v) is 6.62. The molecule has 0 aliphatic heterocycles. The number of carbonyl (C=O) groups is 1. The lowest BCUT2D eigenvalue weighted by molar-refractivity contribution is -0.128. The zero-order valence-electron chi connectivity index (χ0n) is 11.4. The molecule has 2 rings (SSSR count). The topological polar surface area (TPSA) is 39.2 Å². The summed E-state index contributed by atoms with van der Waals surface area (Å²) in [7, 11) is 0. The zero-order chi connectivity index (χ0) is 14.3. The number of nitrogens with zero attached hydrogens (tertiary/aromatic N) is 1. The standard InChI is InChI=1S/C12H12ClN.C3H6O2/c1-3-9-8(2)14-11-7-5-4-6-10(11)12(9)13;1-2-5-3-4/h4-7H,3H2,1-2H3;3H,2H2,1H3. The van der Waals surface area contributed by atoms with Crippen molar-refractivity contribution >= 4 is 29.0 Å². The minimum absolute atomic E-state index is 0.431. The van der Waals surface area contributed by atoms with Crippen LogP contribution in [0.2, 0.25) is 5.02 Å². The number of para-hydroxylation sites is 1. The van der Waals surface area contributed by atoms with E-state index in [0.717, 1.165) is 33.6 Å². The lowest BCUT2D eigenvalue weighted by Crippen LogP contribution is -1.93. The molecular formula is C15H18ClNO2. The van der Waals surface area contributed by atoms with Gasteiger partial charge in [-0.1, -0.05) is 36.7 Å². The SMILES string of the molecule is CCOC=O.CCc1c(C)nc2ccccc2c1Cl. The summed E-state index contributed by atoms with van der Waals surface area (Å²) in [4.78, 5) is 13.7. The van der Waals surface area contributed by atoms with Gasteiger partial charge in [-0.05, 0) is 31.9 Å². The number of fused-ring (bicyclic) bond motifs is 1. The predicted molar refractivity (Wildman–Crippen MR) is 78.6 cm³/mol. The Balaban J connectivity index is 0.000000312. The maximum absolute atomic E-state index is 9.18. The number of halogens is 1. The summed E-state index contributed by atoms with van der Waals surface area (Å²) in [5.41, 5.74) is 3.17. The Morgan fingerprint density at radius 1 is 1.32 bits per heavy atom. The van der Waals surface area contributed by atoms with Crippen molar-refractivity contribution < 1.29 is 9.53 Å². The molecule has 1 aromatic heterocycles. The highest BCUT2D eigenvalue weighted by Crippen LogP contribution is 2.27. The van der Waals surface area contributed by atoms with Gasteiger partial charge in [-0.25, -0.2) is 0 Å². The van der Waals surface area contributed by atoms with E-state index in [-0.39, 0.29) is 0 Å². The molecule has 4 heteroatoms. The summed E-state index contributed by atoms with van der Waals surface area (Å²) < 4.78 is 4.15. The number of aryl methyl sites for hydroxylation is 1. The van der Waals surface area contributed by atoms with E-state index in [1.54, 1.807) is 6.92 Å². The van der Waals surface area contributed by atoms with Crippen LogP contribution in [0.25, 0.3) is 10.9 Å². The molecule has 0 unspecified atom stereocenters. The van der Waals surface area contributed by atoms with Gasteiger partial charge in [-0.3, -0.25) is 9.78 Å². The molecule has 0 amide bonds. The number of hydrogen-bond acceptors (Lipinski definition) is 3. The van der Waals surface area contributed by atoms with Crippen LogP contribution >= 0.6 is 11.6 Å². The van der Waals surface area contributed by atoms with Gasteiger partial charge < -0.3 is 4.74 Å². The monoisotopic (exact) mass is 279 g/mol. The second kappa shape index (κ2) is 7.74. The van der Waals surface area contributed by atoms with Crippen LogP contribution in [0.1, 0.15) is 25.1 Å². The summed E-state index contributed by atoms with van der Waals surface area (Å²) in [6.07, 6.45) is 0.933. The number of aromatic nitrogens is 1. The molecule has 2 aromatic rings. The van der Waals surface area contributed by atoms with E-state index in [0.29, 0.717) is 13.1 Å². The van der Waals surface area contributed by atoms with Crippen molar-refractivity contribution in [3.8, 4) is 0 Å². The number of benzene rings is 1. The fraction of sp³-hybridized carbons (Fsp3) is 0.333. The number of hydrogen-bond donors (Lipinski definition) is 0. The van der Waals surface area contributed by atoms with Crippen molar-refractivity contribution in [1.82, 2.24) is 4.98 Å². The molecule has 0 bridgehead atoms. The Kier molecular flexibility index (Phi) is 6.30. The minimum Gasteiger partial charge on any atom is -0.468 e. The van der Waals surface area contributed by atoms with Gasteiger partial charge in [-0.15, -0.1) is 0 Å². The van der Waals surface area contributed by atoms with Crippen LogP contribution in [-0.4, -0.2) is 18.1 Å². The lowest BCUT2D eigenvalue weighted by atomic mass is 10.1. The van der Waals surface area contributed by atoms with Crippen molar-refractivity contribution in [2.75, 3.05) is 6.61 Å². The van der Waals surface area contributed by atoms with Gasteiger partial charge in [0.15, 0.2) is 0 Å². The van der Waals surface area contributed by atoms with Crippen LogP contribution in [0.3, 0.4) is 0 Å². The Morgan fingerprint density at radius 2 is 2.00 bits per heavy atom. The molecular weight excluding hydrogens is 262 g/mol.